The highest BCUT2D eigenvalue weighted by Gasteiger charge is 2.12. The summed E-state index contributed by atoms with van der Waals surface area (Å²) in [7, 11) is 0. The fourth-order valence-electron chi connectivity index (χ4n) is 2.96. The maximum absolute atomic E-state index is 12.1. The van der Waals surface area contributed by atoms with E-state index in [2.05, 4.69) is 10.3 Å². The zero-order valence-electron chi connectivity index (χ0n) is 16.7. The molecule has 0 atom stereocenters. The third kappa shape index (κ3) is 6.48. The summed E-state index contributed by atoms with van der Waals surface area (Å²) in [6.07, 6.45) is 7.98. The quantitative estimate of drug-likeness (QED) is 0.479. The monoisotopic (exact) mass is 405 g/mol. The zero-order valence-corrected chi connectivity index (χ0v) is 16.7. The second-order valence-corrected chi connectivity index (χ2v) is 6.81. The SMILES string of the molecule is NC(=O)c1cc(OCc2ccccc2)ccc1C[CH]C(=O)NCCCn1ccnc1. The Bertz CT molecular complexity index is 956. The van der Waals surface area contributed by atoms with Crippen LogP contribution >= 0.6 is 0 Å². The van der Waals surface area contributed by atoms with Crippen LogP contribution in [0.3, 0.4) is 0 Å². The molecule has 0 bridgehead atoms. The van der Waals surface area contributed by atoms with Crippen molar-refractivity contribution < 1.29 is 14.3 Å². The average Bonchev–Trinajstić information content (AvgIpc) is 3.28. The molecule has 3 rings (SSSR count). The van der Waals surface area contributed by atoms with Crippen LogP contribution in [-0.4, -0.2) is 27.9 Å². The number of primary amides is 1. The van der Waals surface area contributed by atoms with Crippen molar-refractivity contribution in [3.63, 3.8) is 0 Å². The van der Waals surface area contributed by atoms with Crippen molar-refractivity contribution in [2.24, 2.45) is 5.73 Å². The van der Waals surface area contributed by atoms with Crippen molar-refractivity contribution in [3.05, 3.63) is 90.4 Å². The fourth-order valence-corrected chi connectivity index (χ4v) is 2.96. The lowest BCUT2D eigenvalue weighted by atomic mass is 10.0. The molecule has 3 N–H and O–H groups in total. The van der Waals surface area contributed by atoms with Crippen LogP contribution in [0.2, 0.25) is 0 Å². The number of aromatic nitrogens is 2. The Morgan fingerprint density at radius 1 is 1.17 bits per heavy atom. The molecule has 0 saturated heterocycles. The molecule has 0 aliphatic rings. The number of ether oxygens (including phenoxy) is 1. The summed E-state index contributed by atoms with van der Waals surface area (Å²) in [6.45, 7) is 1.74. The van der Waals surface area contributed by atoms with Crippen LogP contribution in [0.1, 0.15) is 27.9 Å². The standard InChI is InChI=1S/C23H25N4O3/c24-23(29)21-15-20(30-16-18-5-2-1-3-6-18)9-7-19(21)8-10-22(28)26-11-4-13-27-14-12-25-17-27/h1-3,5-7,9-10,12,14-15,17H,4,8,11,13,16H2,(H2,24,29)(H,26,28). The molecule has 2 aromatic carbocycles. The number of hydrogen-bond acceptors (Lipinski definition) is 4. The van der Waals surface area contributed by atoms with Crippen molar-refractivity contribution in [1.29, 1.82) is 0 Å². The number of nitrogens with zero attached hydrogens (tertiary/aromatic N) is 2. The molecule has 2 amide bonds. The molecule has 30 heavy (non-hydrogen) atoms. The van der Waals surface area contributed by atoms with Gasteiger partial charge in [-0.05, 0) is 36.1 Å². The Balaban J connectivity index is 1.48. The molecule has 0 aliphatic carbocycles. The van der Waals surface area contributed by atoms with Crippen LogP contribution < -0.4 is 15.8 Å². The third-order valence-electron chi connectivity index (χ3n) is 4.55. The molecular formula is C23H25N4O3. The highest BCUT2D eigenvalue weighted by Crippen LogP contribution is 2.20. The lowest BCUT2D eigenvalue weighted by Gasteiger charge is -2.11. The minimum absolute atomic E-state index is 0.180. The number of benzene rings is 2. The molecule has 1 radical (unpaired) electrons. The average molecular weight is 405 g/mol. The van der Waals surface area contributed by atoms with Crippen LogP contribution in [0, 0.1) is 6.42 Å². The minimum atomic E-state index is -0.552. The van der Waals surface area contributed by atoms with E-state index in [1.807, 2.05) is 41.1 Å². The smallest absolute Gasteiger partial charge is 0.249 e. The summed E-state index contributed by atoms with van der Waals surface area (Å²) >= 11 is 0. The molecule has 0 aliphatic heterocycles. The van der Waals surface area contributed by atoms with Crippen LogP contribution in [0.25, 0.3) is 0 Å². The first-order chi connectivity index (χ1) is 14.6. The normalized spacial score (nSPS) is 10.5. The molecule has 1 heterocycles. The van der Waals surface area contributed by atoms with Crippen LogP contribution in [0.4, 0.5) is 0 Å². The Hall–Kier alpha value is -3.61. The second kappa shape index (κ2) is 10.8. The van der Waals surface area contributed by atoms with Crippen molar-refractivity contribution in [2.75, 3.05) is 6.54 Å². The summed E-state index contributed by atoms with van der Waals surface area (Å²) < 4.78 is 7.71. The summed E-state index contributed by atoms with van der Waals surface area (Å²) in [5, 5.41) is 2.84. The molecule has 3 aromatic rings. The number of imidazole rings is 1. The highest BCUT2D eigenvalue weighted by atomic mass is 16.5. The van der Waals surface area contributed by atoms with Gasteiger partial charge in [0.1, 0.15) is 12.4 Å². The van der Waals surface area contributed by atoms with Gasteiger partial charge in [-0.25, -0.2) is 4.98 Å². The van der Waals surface area contributed by atoms with E-state index in [0.29, 0.717) is 36.4 Å². The van der Waals surface area contributed by atoms with Gasteiger partial charge in [0.15, 0.2) is 0 Å². The number of carbonyl (C=O) groups excluding carboxylic acids is 2. The van der Waals surface area contributed by atoms with Gasteiger partial charge in [0.2, 0.25) is 11.8 Å². The van der Waals surface area contributed by atoms with Gasteiger partial charge in [0, 0.05) is 31.0 Å². The first-order valence-corrected chi connectivity index (χ1v) is 9.78. The van der Waals surface area contributed by atoms with Gasteiger partial charge in [-0.15, -0.1) is 0 Å². The van der Waals surface area contributed by atoms with Gasteiger partial charge in [0.25, 0.3) is 0 Å². The second-order valence-electron chi connectivity index (χ2n) is 6.81. The van der Waals surface area contributed by atoms with E-state index in [-0.39, 0.29) is 5.91 Å². The van der Waals surface area contributed by atoms with E-state index in [1.54, 1.807) is 30.7 Å². The third-order valence-corrected chi connectivity index (χ3v) is 4.55. The number of rotatable bonds is 11. The molecule has 0 saturated carbocycles. The Kier molecular flexibility index (Phi) is 7.60. The summed E-state index contributed by atoms with van der Waals surface area (Å²) in [5.41, 5.74) is 7.59. The molecule has 0 unspecified atom stereocenters. The van der Waals surface area contributed by atoms with Gasteiger partial charge in [-0.3, -0.25) is 9.59 Å². The van der Waals surface area contributed by atoms with Crippen LogP contribution in [-0.2, 0) is 24.4 Å². The fraction of sp³-hybridized carbons (Fsp3) is 0.217. The van der Waals surface area contributed by atoms with Gasteiger partial charge in [-0.2, -0.15) is 0 Å². The summed E-state index contributed by atoms with van der Waals surface area (Å²) in [6, 6.07) is 14.9. The predicted octanol–water partition coefficient (Wildman–Crippen LogP) is 2.51. The first-order valence-electron chi connectivity index (χ1n) is 9.78. The van der Waals surface area contributed by atoms with E-state index >= 15 is 0 Å². The summed E-state index contributed by atoms with van der Waals surface area (Å²) in [4.78, 5) is 27.9. The van der Waals surface area contributed by atoms with E-state index in [0.717, 1.165) is 18.5 Å². The number of carbonyl (C=O) groups is 2. The number of nitrogens with one attached hydrogen (secondary N) is 1. The Morgan fingerprint density at radius 3 is 2.73 bits per heavy atom. The predicted molar refractivity (Wildman–Crippen MR) is 114 cm³/mol. The molecule has 1 aromatic heterocycles. The van der Waals surface area contributed by atoms with Crippen molar-refractivity contribution in [3.8, 4) is 5.75 Å². The van der Waals surface area contributed by atoms with E-state index in [9.17, 15) is 9.59 Å². The maximum atomic E-state index is 12.1. The van der Waals surface area contributed by atoms with Gasteiger partial charge in [0.05, 0.1) is 12.7 Å². The van der Waals surface area contributed by atoms with Crippen molar-refractivity contribution in [1.82, 2.24) is 14.9 Å². The number of nitrogens with two attached hydrogens (primary N) is 1. The number of aryl methyl sites for hydroxylation is 1. The Labute approximate surface area is 175 Å². The minimum Gasteiger partial charge on any atom is -0.489 e. The molecule has 7 nitrogen and oxygen atoms in total. The van der Waals surface area contributed by atoms with Crippen LogP contribution in [0.15, 0.2) is 67.3 Å². The highest BCUT2D eigenvalue weighted by molar-refractivity contribution is 5.95. The van der Waals surface area contributed by atoms with Gasteiger partial charge >= 0.3 is 0 Å². The Morgan fingerprint density at radius 2 is 2.00 bits per heavy atom. The van der Waals surface area contributed by atoms with Crippen LogP contribution in [0.5, 0.6) is 5.75 Å². The van der Waals surface area contributed by atoms with E-state index in [4.69, 9.17) is 10.5 Å². The topological polar surface area (TPSA) is 99.2 Å². The van der Waals surface area contributed by atoms with Gasteiger partial charge < -0.3 is 20.4 Å². The zero-order chi connectivity index (χ0) is 21.2. The van der Waals surface area contributed by atoms with Gasteiger partial charge in [-0.1, -0.05) is 36.4 Å². The molecule has 0 spiro atoms. The lowest BCUT2D eigenvalue weighted by Crippen LogP contribution is -2.26. The summed E-state index contributed by atoms with van der Waals surface area (Å²) in [5.74, 6) is -0.176. The molecule has 0 fully saturated rings. The van der Waals surface area contributed by atoms with E-state index in [1.165, 1.54) is 6.42 Å². The largest absolute Gasteiger partial charge is 0.489 e. The van der Waals surface area contributed by atoms with Crippen molar-refractivity contribution in [2.45, 2.75) is 26.0 Å². The molecule has 155 valence electrons. The molecule has 7 heteroatoms. The number of hydrogen-bond donors (Lipinski definition) is 2. The maximum Gasteiger partial charge on any atom is 0.249 e. The molecular weight excluding hydrogens is 380 g/mol. The first kappa shape index (κ1) is 21.1. The van der Waals surface area contributed by atoms with Crippen molar-refractivity contribution >= 4 is 11.8 Å². The lowest BCUT2D eigenvalue weighted by molar-refractivity contribution is -0.117. The van der Waals surface area contributed by atoms with E-state index < -0.39 is 5.91 Å². The number of amides is 2.